The number of hydrogen-bond acceptors (Lipinski definition) is 3. The molecule has 0 radical (unpaired) electrons. The SMILES string of the molecule is CC(C)(C)CNCC(=O)Nc1ccc(C#N)c(C(F)(F)F)c1. The van der Waals surface area contributed by atoms with E-state index in [1.165, 1.54) is 12.1 Å². The minimum Gasteiger partial charge on any atom is -0.325 e. The normalized spacial score (nSPS) is 11.9. The predicted octanol–water partition coefficient (Wildman–Crippen LogP) is 3.15. The second-order valence-corrected chi connectivity index (χ2v) is 6.08. The average Bonchev–Trinajstić information content (AvgIpc) is 2.36. The van der Waals surface area contributed by atoms with Crippen LogP contribution >= 0.6 is 0 Å². The van der Waals surface area contributed by atoms with Crippen LogP contribution in [0.15, 0.2) is 18.2 Å². The van der Waals surface area contributed by atoms with E-state index in [2.05, 4.69) is 10.6 Å². The number of anilines is 1. The summed E-state index contributed by atoms with van der Waals surface area (Å²) in [5.74, 6) is -0.443. The highest BCUT2D eigenvalue weighted by Crippen LogP contribution is 2.33. The molecular weight excluding hydrogens is 295 g/mol. The molecule has 7 heteroatoms. The zero-order valence-corrected chi connectivity index (χ0v) is 12.6. The summed E-state index contributed by atoms with van der Waals surface area (Å²) in [6.45, 7) is 6.58. The van der Waals surface area contributed by atoms with Gasteiger partial charge in [0.1, 0.15) is 0 Å². The minimum absolute atomic E-state index is 0.00137. The van der Waals surface area contributed by atoms with Crippen molar-refractivity contribution < 1.29 is 18.0 Å². The highest BCUT2D eigenvalue weighted by Gasteiger charge is 2.33. The lowest BCUT2D eigenvalue weighted by atomic mass is 9.97. The average molecular weight is 313 g/mol. The van der Waals surface area contributed by atoms with Crippen molar-refractivity contribution in [1.82, 2.24) is 5.32 Å². The molecule has 1 aromatic rings. The Kier molecular flexibility index (Phi) is 5.55. The number of carbonyl (C=O) groups excluding carboxylic acids is 1. The molecule has 1 aromatic carbocycles. The third-order valence-corrected chi connectivity index (χ3v) is 2.67. The van der Waals surface area contributed by atoms with E-state index in [9.17, 15) is 18.0 Å². The van der Waals surface area contributed by atoms with Gasteiger partial charge in [-0.05, 0) is 23.6 Å². The first-order valence-electron chi connectivity index (χ1n) is 6.65. The molecule has 2 N–H and O–H groups in total. The van der Waals surface area contributed by atoms with Gasteiger partial charge in [-0.3, -0.25) is 4.79 Å². The topological polar surface area (TPSA) is 64.9 Å². The van der Waals surface area contributed by atoms with Gasteiger partial charge in [-0.2, -0.15) is 18.4 Å². The Morgan fingerprint density at radius 1 is 1.27 bits per heavy atom. The zero-order chi connectivity index (χ0) is 17.0. The van der Waals surface area contributed by atoms with Gasteiger partial charge >= 0.3 is 6.18 Å². The summed E-state index contributed by atoms with van der Waals surface area (Å²) in [4.78, 5) is 11.7. The van der Waals surface area contributed by atoms with Gasteiger partial charge in [-0.1, -0.05) is 20.8 Å². The van der Waals surface area contributed by atoms with Crippen LogP contribution in [0.5, 0.6) is 0 Å². The summed E-state index contributed by atoms with van der Waals surface area (Å²) in [5.41, 5.74) is -1.53. The van der Waals surface area contributed by atoms with Crippen LogP contribution in [0.2, 0.25) is 0 Å². The molecule has 22 heavy (non-hydrogen) atoms. The van der Waals surface area contributed by atoms with Crippen molar-refractivity contribution in [2.45, 2.75) is 26.9 Å². The number of benzene rings is 1. The maximum Gasteiger partial charge on any atom is 0.417 e. The summed E-state index contributed by atoms with van der Waals surface area (Å²) in [7, 11) is 0. The Morgan fingerprint density at radius 3 is 2.41 bits per heavy atom. The van der Waals surface area contributed by atoms with Crippen LogP contribution in [0, 0.1) is 16.7 Å². The Hall–Kier alpha value is -2.07. The summed E-state index contributed by atoms with van der Waals surface area (Å²) >= 11 is 0. The van der Waals surface area contributed by atoms with Gasteiger partial charge in [0.15, 0.2) is 0 Å². The van der Waals surface area contributed by atoms with Gasteiger partial charge in [-0.25, -0.2) is 0 Å². The van der Waals surface area contributed by atoms with Crippen molar-refractivity contribution in [2.24, 2.45) is 5.41 Å². The molecule has 0 saturated heterocycles. The van der Waals surface area contributed by atoms with E-state index in [0.29, 0.717) is 6.54 Å². The van der Waals surface area contributed by atoms with Crippen molar-refractivity contribution in [2.75, 3.05) is 18.4 Å². The zero-order valence-electron chi connectivity index (χ0n) is 12.6. The largest absolute Gasteiger partial charge is 0.417 e. The van der Waals surface area contributed by atoms with Gasteiger partial charge in [0, 0.05) is 12.2 Å². The molecule has 4 nitrogen and oxygen atoms in total. The van der Waals surface area contributed by atoms with Crippen molar-refractivity contribution in [3.8, 4) is 6.07 Å². The molecule has 1 rings (SSSR count). The molecule has 0 bridgehead atoms. The smallest absolute Gasteiger partial charge is 0.325 e. The quantitative estimate of drug-likeness (QED) is 0.897. The molecule has 0 unspecified atom stereocenters. The van der Waals surface area contributed by atoms with Crippen LogP contribution in [0.3, 0.4) is 0 Å². The standard InChI is InChI=1S/C15H18F3N3O/c1-14(2,3)9-20-8-13(22)21-11-5-4-10(7-19)12(6-11)15(16,17)18/h4-6,20H,8-9H2,1-3H3,(H,21,22). The van der Waals surface area contributed by atoms with E-state index in [-0.39, 0.29) is 17.6 Å². The lowest BCUT2D eigenvalue weighted by molar-refractivity contribution is -0.137. The van der Waals surface area contributed by atoms with Crippen molar-refractivity contribution in [3.05, 3.63) is 29.3 Å². The molecule has 0 aromatic heterocycles. The van der Waals surface area contributed by atoms with Gasteiger partial charge in [0.05, 0.1) is 23.7 Å². The molecule has 0 heterocycles. The van der Waals surface area contributed by atoms with E-state index in [1.807, 2.05) is 20.8 Å². The lowest BCUT2D eigenvalue weighted by Crippen LogP contribution is -2.34. The molecule has 1 amide bonds. The van der Waals surface area contributed by atoms with Crippen molar-refractivity contribution in [1.29, 1.82) is 5.26 Å². The minimum atomic E-state index is -4.64. The first-order chi connectivity index (χ1) is 10.0. The molecule has 0 aliphatic heterocycles. The number of carbonyl (C=O) groups is 1. The molecule has 0 aliphatic rings. The number of hydrogen-bond donors (Lipinski definition) is 2. The highest BCUT2D eigenvalue weighted by atomic mass is 19.4. The summed E-state index contributed by atoms with van der Waals surface area (Å²) in [6.07, 6.45) is -4.64. The summed E-state index contributed by atoms with van der Waals surface area (Å²) in [5, 5.41) is 14.0. The van der Waals surface area contributed by atoms with Gasteiger partial charge < -0.3 is 10.6 Å². The first kappa shape index (κ1) is 18.0. The van der Waals surface area contributed by atoms with Crippen molar-refractivity contribution >= 4 is 11.6 Å². The number of rotatable bonds is 4. The van der Waals surface area contributed by atoms with E-state index < -0.39 is 23.2 Å². The van der Waals surface area contributed by atoms with E-state index in [0.717, 1.165) is 12.1 Å². The third kappa shape index (κ3) is 5.74. The van der Waals surface area contributed by atoms with Crippen LogP contribution in [0.1, 0.15) is 31.9 Å². The maximum absolute atomic E-state index is 12.8. The van der Waals surface area contributed by atoms with Crippen LogP contribution in [-0.4, -0.2) is 19.0 Å². The number of nitriles is 1. The fourth-order valence-electron chi connectivity index (χ4n) is 1.71. The van der Waals surface area contributed by atoms with Crippen LogP contribution in [0.4, 0.5) is 18.9 Å². The summed E-state index contributed by atoms with van der Waals surface area (Å²) < 4.78 is 38.4. The monoisotopic (exact) mass is 313 g/mol. The second kappa shape index (κ2) is 6.79. The molecule has 120 valence electrons. The number of alkyl halides is 3. The fraction of sp³-hybridized carbons (Fsp3) is 0.467. The molecule has 0 saturated carbocycles. The van der Waals surface area contributed by atoms with E-state index in [4.69, 9.17) is 5.26 Å². The van der Waals surface area contributed by atoms with E-state index >= 15 is 0 Å². The van der Waals surface area contributed by atoms with Gasteiger partial charge in [-0.15, -0.1) is 0 Å². The number of nitrogens with one attached hydrogen (secondary N) is 2. The lowest BCUT2D eigenvalue weighted by Gasteiger charge is -2.18. The Morgan fingerprint density at radius 2 is 1.91 bits per heavy atom. The maximum atomic E-state index is 12.8. The first-order valence-corrected chi connectivity index (χ1v) is 6.65. The van der Waals surface area contributed by atoms with Crippen LogP contribution in [0.25, 0.3) is 0 Å². The third-order valence-electron chi connectivity index (χ3n) is 2.67. The van der Waals surface area contributed by atoms with Crippen LogP contribution < -0.4 is 10.6 Å². The van der Waals surface area contributed by atoms with Gasteiger partial charge in [0.2, 0.25) is 5.91 Å². The number of nitrogens with zero attached hydrogens (tertiary/aromatic N) is 1. The van der Waals surface area contributed by atoms with E-state index in [1.54, 1.807) is 0 Å². The Bertz CT molecular complexity index is 583. The fourth-order valence-corrected chi connectivity index (χ4v) is 1.71. The second-order valence-electron chi connectivity index (χ2n) is 6.08. The summed E-state index contributed by atoms with van der Waals surface area (Å²) in [6, 6.07) is 4.57. The molecule has 0 aliphatic carbocycles. The van der Waals surface area contributed by atoms with Crippen LogP contribution in [-0.2, 0) is 11.0 Å². The molecular formula is C15H18F3N3O. The predicted molar refractivity (Wildman–Crippen MR) is 77.1 cm³/mol. The molecule has 0 atom stereocenters. The Labute approximate surface area is 127 Å². The Balaban J connectivity index is 2.75. The van der Waals surface area contributed by atoms with Gasteiger partial charge in [0.25, 0.3) is 0 Å². The molecule has 0 spiro atoms. The van der Waals surface area contributed by atoms with Crippen molar-refractivity contribution in [3.63, 3.8) is 0 Å². The number of halogens is 3. The molecule has 0 fully saturated rings. The highest BCUT2D eigenvalue weighted by molar-refractivity contribution is 5.92. The number of amides is 1.